The second-order valence-electron chi connectivity index (χ2n) is 5.72. The number of nitrogens with one attached hydrogen (secondary N) is 2. The predicted octanol–water partition coefficient (Wildman–Crippen LogP) is 3.60. The molecule has 1 aromatic heterocycles. The van der Waals surface area contributed by atoms with E-state index in [0.29, 0.717) is 18.9 Å². The zero-order valence-electron chi connectivity index (χ0n) is 14.0. The van der Waals surface area contributed by atoms with Crippen molar-refractivity contribution in [2.75, 3.05) is 17.2 Å². The minimum absolute atomic E-state index is 0.00320. The Bertz CT molecular complexity index is 655. The SMILES string of the molecule is CCc1ccccc1NC(=O)CCNc1cc(C(C)C)ncn1. The summed E-state index contributed by atoms with van der Waals surface area (Å²) < 4.78 is 0. The van der Waals surface area contributed by atoms with Crippen LogP contribution < -0.4 is 10.6 Å². The second-order valence-corrected chi connectivity index (χ2v) is 5.72. The van der Waals surface area contributed by atoms with Crippen molar-refractivity contribution in [2.24, 2.45) is 0 Å². The van der Waals surface area contributed by atoms with Crippen molar-refractivity contribution in [1.82, 2.24) is 9.97 Å². The van der Waals surface area contributed by atoms with Gasteiger partial charge in [0.1, 0.15) is 12.1 Å². The van der Waals surface area contributed by atoms with Gasteiger partial charge in [0.25, 0.3) is 0 Å². The summed E-state index contributed by atoms with van der Waals surface area (Å²) >= 11 is 0. The molecule has 122 valence electrons. The summed E-state index contributed by atoms with van der Waals surface area (Å²) in [5.74, 6) is 1.11. The largest absolute Gasteiger partial charge is 0.369 e. The van der Waals surface area contributed by atoms with E-state index in [1.165, 1.54) is 0 Å². The van der Waals surface area contributed by atoms with E-state index in [1.54, 1.807) is 6.33 Å². The van der Waals surface area contributed by atoms with Crippen molar-refractivity contribution in [1.29, 1.82) is 0 Å². The fraction of sp³-hybridized carbons (Fsp3) is 0.389. The molecule has 0 unspecified atom stereocenters. The molecule has 1 amide bonds. The molecule has 0 fully saturated rings. The summed E-state index contributed by atoms with van der Waals surface area (Å²) in [6.45, 7) is 6.79. The summed E-state index contributed by atoms with van der Waals surface area (Å²) in [7, 11) is 0. The van der Waals surface area contributed by atoms with Gasteiger partial charge < -0.3 is 10.6 Å². The summed E-state index contributed by atoms with van der Waals surface area (Å²) in [4.78, 5) is 20.5. The summed E-state index contributed by atoms with van der Waals surface area (Å²) in [6.07, 6.45) is 2.84. The van der Waals surface area contributed by atoms with Crippen molar-refractivity contribution in [2.45, 2.75) is 39.5 Å². The number of hydrogen-bond acceptors (Lipinski definition) is 4. The molecule has 1 aromatic carbocycles. The normalized spacial score (nSPS) is 10.6. The molecule has 0 aliphatic rings. The quantitative estimate of drug-likeness (QED) is 0.819. The smallest absolute Gasteiger partial charge is 0.226 e. The van der Waals surface area contributed by atoms with E-state index in [1.807, 2.05) is 30.3 Å². The zero-order chi connectivity index (χ0) is 16.7. The van der Waals surface area contributed by atoms with E-state index in [4.69, 9.17) is 0 Å². The Labute approximate surface area is 137 Å². The van der Waals surface area contributed by atoms with Gasteiger partial charge in [-0.15, -0.1) is 0 Å². The molecule has 5 heteroatoms. The maximum Gasteiger partial charge on any atom is 0.226 e. The Morgan fingerprint density at radius 1 is 1.22 bits per heavy atom. The number of amides is 1. The predicted molar refractivity (Wildman–Crippen MR) is 93.7 cm³/mol. The van der Waals surface area contributed by atoms with E-state index in [2.05, 4.69) is 41.4 Å². The fourth-order valence-electron chi connectivity index (χ4n) is 2.25. The van der Waals surface area contributed by atoms with Crippen LogP contribution in [0.4, 0.5) is 11.5 Å². The highest BCUT2D eigenvalue weighted by molar-refractivity contribution is 5.91. The molecule has 0 atom stereocenters. The fourth-order valence-corrected chi connectivity index (χ4v) is 2.25. The topological polar surface area (TPSA) is 66.9 Å². The first-order valence-corrected chi connectivity index (χ1v) is 8.03. The van der Waals surface area contributed by atoms with E-state index in [9.17, 15) is 4.79 Å². The third-order valence-electron chi connectivity index (χ3n) is 3.61. The number of hydrogen-bond donors (Lipinski definition) is 2. The first-order valence-electron chi connectivity index (χ1n) is 8.03. The molecule has 1 heterocycles. The Morgan fingerprint density at radius 3 is 2.74 bits per heavy atom. The molecule has 5 nitrogen and oxygen atoms in total. The van der Waals surface area contributed by atoms with Crippen LogP contribution >= 0.6 is 0 Å². The second kappa shape index (κ2) is 8.27. The van der Waals surface area contributed by atoms with Crippen LogP contribution in [0, 0.1) is 0 Å². The van der Waals surface area contributed by atoms with Gasteiger partial charge in [0.15, 0.2) is 0 Å². The Balaban J connectivity index is 1.84. The Kier molecular flexibility index (Phi) is 6.09. The number of aryl methyl sites for hydroxylation is 1. The Hall–Kier alpha value is -2.43. The van der Waals surface area contributed by atoms with Gasteiger partial charge >= 0.3 is 0 Å². The van der Waals surface area contributed by atoms with Crippen molar-refractivity contribution >= 4 is 17.4 Å². The molecule has 0 saturated carbocycles. The van der Waals surface area contributed by atoms with Crippen LogP contribution in [-0.4, -0.2) is 22.4 Å². The molecular formula is C18H24N4O. The lowest BCUT2D eigenvalue weighted by molar-refractivity contribution is -0.115. The van der Waals surface area contributed by atoms with E-state index in [0.717, 1.165) is 29.2 Å². The van der Waals surface area contributed by atoms with Gasteiger partial charge in [-0.2, -0.15) is 0 Å². The lowest BCUT2D eigenvalue weighted by atomic mass is 10.1. The van der Waals surface area contributed by atoms with Gasteiger partial charge in [0, 0.05) is 30.4 Å². The van der Waals surface area contributed by atoms with Gasteiger partial charge in [-0.3, -0.25) is 4.79 Å². The molecule has 0 radical (unpaired) electrons. The highest BCUT2D eigenvalue weighted by Crippen LogP contribution is 2.16. The number of aromatic nitrogens is 2. The molecular weight excluding hydrogens is 288 g/mol. The minimum atomic E-state index is -0.00320. The van der Waals surface area contributed by atoms with E-state index in [-0.39, 0.29) is 5.91 Å². The number of para-hydroxylation sites is 1. The standard InChI is InChI=1S/C18H24N4O/c1-4-14-7-5-6-8-15(14)22-18(23)9-10-19-17-11-16(13(2)3)20-12-21-17/h5-8,11-13H,4,9-10H2,1-3H3,(H,22,23)(H,19,20,21). The summed E-state index contributed by atoms with van der Waals surface area (Å²) in [5.41, 5.74) is 3.03. The number of nitrogens with zero attached hydrogens (tertiary/aromatic N) is 2. The maximum absolute atomic E-state index is 12.1. The van der Waals surface area contributed by atoms with Crippen LogP contribution in [0.2, 0.25) is 0 Å². The van der Waals surface area contributed by atoms with Crippen LogP contribution in [0.1, 0.15) is 44.4 Å². The van der Waals surface area contributed by atoms with Crippen molar-refractivity contribution in [3.8, 4) is 0 Å². The average Bonchev–Trinajstić information content (AvgIpc) is 2.55. The van der Waals surface area contributed by atoms with Crippen LogP contribution in [0.15, 0.2) is 36.7 Å². The molecule has 2 rings (SSSR count). The third kappa shape index (κ3) is 5.06. The third-order valence-corrected chi connectivity index (χ3v) is 3.61. The van der Waals surface area contributed by atoms with Crippen molar-refractivity contribution < 1.29 is 4.79 Å². The first kappa shape index (κ1) is 16.9. The van der Waals surface area contributed by atoms with E-state index >= 15 is 0 Å². The molecule has 0 spiro atoms. The minimum Gasteiger partial charge on any atom is -0.369 e. The number of carbonyl (C=O) groups is 1. The Morgan fingerprint density at radius 2 is 2.00 bits per heavy atom. The van der Waals surface area contributed by atoms with Crippen LogP contribution in [-0.2, 0) is 11.2 Å². The van der Waals surface area contributed by atoms with Gasteiger partial charge in [0.05, 0.1) is 0 Å². The lowest BCUT2D eigenvalue weighted by Crippen LogP contribution is -2.17. The average molecular weight is 312 g/mol. The number of carbonyl (C=O) groups excluding carboxylic acids is 1. The molecule has 23 heavy (non-hydrogen) atoms. The molecule has 0 aliphatic heterocycles. The van der Waals surface area contributed by atoms with Gasteiger partial charge in [-0.05, 0) is 24.0 Å². The van der Waals surface area contributed by atoms with Gasteiger partial charge in [0.2, 0.25) is 5.91 Å². The summed E-state index contributed by atoms with van der Waals surface area (Å²) in [5, 5.41) is 6.14. The summed E-state index contributed by atoms with van der Waals surface area (Å²) in [6, 6.07) is 9.81. The number of benzene rings is 1. The molecule has 2 aromatic rings. The first-order chi connectivity index (χ1) is 11.1. The van der Waals surface area contributed by atoms with Gasteiger partial charge in [-0.25, -0.2) is 9.97 Å². The van der Waals surface area contributed by atoms with Crippen molar-refractivity contribution in [3.05, 3.63) is 47.9 Å². The van der Waals surface area contributed by atoms with Crippen LogP contribution in [0.3, 0.4) is 0 Å². The molecule has 0 aliphatic carbocycles. The monoisotopic (exact) mass is 312 g/mol. The zero-order valence-corrected chi connectivity index (χ0v) is 14.0. The number of anilines is 2. The van der Waals surface area contributed by atoms with Crippen LogP contribution in [0.25, 0.3) is 0 Å². The van der Waals surface area contributed by atoms with Gasteiger partial charge in [-0.1, -0.05) is 39.0 Å². The van der Waals surface area contributed by atoms with Crippen LogP contribution in [0.5, 0.6) is 0 Å². The maximum atomic E-state index is 12.1. The highest BCUT2D eigenvalue weighted by atomic mass is 16.1. The molecule has 2 N–H and O–H groups in total. The molecule has 0 bridgehead atoms. The van der Waals surface area contributed by atoms with E-state index < -0.39 is 0 Å². The lowest BCUT2D eigenvalue weighted by Gasteiger charge is -2.11. The number of rotatable bonds is 7. The highest BCUT2D eigenvalue weighted by Gasteiger charge is 2.06. The van der Waals surface area contributed by atoms with Crippen molar-refractivity contribution in [3.63, 3.8) is 0 Å². The molecule has 0 saturated heterocycles.